The van der Waals surface area contributed by atoms with Crippen LogP contribution in [-0.2, 0) is 0 Å². The molecule has 1 heterocycles. The molecule has 0 radical (unpaired) electrons. The first-order chi connectivity index (χ1) is 8.56. The lowest BCUT2D eigenvalue weighted by Gasteiger charge is -2.08. The number of halogens is 1. The van der Waals surface area contributed by atoms with Crippen molar-refractivity contribution in [1.29, 1.82) is 5.41 Å². The maximum absolute atomic E-state index is 7.22. The summed E-state index contributed by atoms with van der Waals surface area (Å²) in [7, 11) is 0. The van der Waals surface area contributed by atoms with Crippen molar-refractivity contribution in [3.63, 3.8) is 0 Å². The number of nitrogens with zero attached hydrogens (tertiary/aromatic N) is 2. The predicted octanol–water partition coefficient (Wildman–Crippen LogP) is 2.62. The monoisotopic (exact) mass is 306 g/mol. The third kappa shape index (κ3) is 2.84. The van der Waals surface area contributed by atoms with Crippen LogP contribution in [0.25, 0.3) is 0 Å². The SMILES string of the molecule is Cc1ccc(Br)cc1Oc1cnc(C(=N)N)cn1. The number of nitrogen functional groups attached to an aromatic ring is 1. The molecule has 2 rings (SSSR count). The second-order valence-corrected chi connectivity index (χ2v) is 4.58. The summed E-state index contributed by atoms with van der Waals surface area (Å²) in [6, 6.07) is 5.74. The summed E-state index contributed by atoms with van der Waals surface area (Å²) in [5.74, 6) is 0.947. The highest BCUT2D eigenvalue weighted by molar-refractivity contribution is 9.10. The summed E-state index contributed by atoms with van der Waals surface area (Å²) in [6.07, 6.45) is 2.85. The highest BCUT2D eigenvalue weighted by Gasteiger charge is 2.05. The minimum atomic E-state index is -0.118. The van der Waals surface area contributed by atoms with E-state index in [9.17, 15) is 0 Å². The third-order valence-corrected chi connectivity index (χ3v) is 2.76. The van der Waals surface area contributed by atoms with Gasteiger partial charge < -0.3 is 10.5 Å². The summed E-state index contributed by atoms with van der Waals surface area (Å²) in [5.41, 5.74) is 6.62. The molecule has 0 aliphatic rings. The third-order valence-electron chi connectivity index (χ3n) is 2.27. The molecular formula is C12H11BrN4O. The molecule has 0 aliphatic carbocycles. The van der Waals surface area contributed by atoms with Crippen LogP contribution in [-0.4, -0.2) is 15.8 Å². The second-order valence-electron chi connectivity index (χ2n) is 3.67. The zero-order chi connectivity index (χ0) is 13.1. The Morgan fingerprint density at radius 1 is 1.33 bits per heavy atom. The van der Waals surface area contributed by atoms with Gasteiger partial charge in [0.1, 0.15) is 17.3 Å². The summed E-state index contributed by atoms with van der Waals surface area (Å²) in [4.78, 5) is 8.02. The number of benzene rings is 1. The van der Waals surface area contributed by atoms with Crippen molar-refractivity contribution >= 4 is 21.8 Å². The molecule has 0 spiro atoms. The quantitative estimate of drug-likeness (QED) is 0.674. The van der Waals surface area contributed by atoms with Crippen LogP contribution in [0.4, 0.5) is 0 Å². The van der Waals surface area contributed by atoms with E-state index in [0.29, 0.717) is 17.3 Å². The zero-order valence-corrected chi connectivity index (χ0v) is 11.2. The van der Waals surface area contributed by atoms with Gasteiger partial charge in [0.2, 0.25) is 5.88 Å². The van der Waals surface area contributed by atoms with Gasteiger partial charge in [0, 0.05) is 4.47 Å². The van der Waals surface area contributed by atoms with Crippen molar-refractivity contribution < 1.29 is 4.74 Å². The molecule has 1 aromatic carbocycles. The lowest BCUT2D eigenvalue weighted by Crippen LogP contribution is -2.13. The molecule has 0 amide bonds. The molecule has 2 aromatic rings. The normalized spacial score (nSPS) is 10.1. The Labute approximate surface area is 113 Å². The van der Waals surface area contributed by atoms with Crippen LogP contribution < -0.4 is 10.5 Å². The number of hydrogen-bond acceptors (Lipinski definition) is 4. The average Bonchev–Trinajstić information content (AvgIpc) is 2.34. The molecule has 0 bridgehead atoms. The first-order valence-corrected chi connectivity index (χ1v) is 5.96. The van der Waals surface area contributed by atoms with Gasteiger partial charge in [0.25, 0.3) is 0 Å². The van der Waals surface area contributed by atoms with Crippen LogP contribution in [0.3, 0.4) is 0 Å². The predicted molar refractivity (Wildman–Crippen MR) is 72.0 cm³/mol. The molecule has 92 valence electrons. The lowest BCUT2D eigenvalue weighted by atomic mass is 10.2. The van der Waals surface area contributed by atoms with Crippen molar-refractivity contribution in [3.8, 4) is 11.6 Å². The van der Waals surface area contributed by atoms with Crippen LogP contribution in [0.2, 0.25) is 0 Å². The molecule has 0 saturated heterocycles. The zero-order valence-electron chi connectivity index (χ0n) is 9.64. The molecule has 0 aliphatic heterocycles. The van der Waals surface area contributed by atoms with E-state index < -0.39 is 0 Å². The fourth-order valence-electron chi connectivity index (χ4n) is 1.30. The van der Waals surface area contributed by atoms with Crippen LogP contribution in [0, 0.1) is 12.3 Å². The molecular weight excluding hydrogens is 296 g/mol. The van der Waals surface area contributed by atoms with E-state index in [1.54, 1.807) is 0 Å². The van der Waals surface area contributed by atoms with Crippen LogP contribution in [0.15, 0.2) is 35.1 Å². The molecule has 0 fully saturated rings. The summed E-state index contributed by atoms with van der Waals surface area (Å²) >= 11 is 3.38. The minimum absolute atomic E-state index is 0.118. The highest BCUT2D eigenvalue weighted by atomic mass is 79.9. The molecule has 5 nitrogen and oxygen atoms in total. The van der Waals surface area contributed by atoms with E-state index in [0.717, 1.165) is 10.0 Å². The Bertz CT molecular complexity index is 583. The van der Waals surface area contributed by atoms with Crippen LogP contribution in [0.1, 0.15) is 11.3 Å². The van der Waals surface area contributed by atoms with E-state index in [4.69, 9.17) is 15.9 Å². The molecule has 6 heteroatoms. The van der Waals surface area contributed by atoms with E-state index in [-0.39, 0.29) is 5.84 Å². The fraction of sp³-hybridized carbons (Fsp3) is 0.0833. The first kappa shape index (κ1) is 12.5. The minimum Gasteiger partial charge on any atom is -0.437 e. The topological polar surface area (TPSA) is 84.9 Å². The number of rotatable bonds is 3. The smallest absolute Gasteiger partial charge is 0.237 e. The number of nitrogens with two attached hydrogens (primary N) is 1. The molecule has 18 heavy (non-hydrogen) atoms. The van der Waals surface area contributed by atoms with E-state index in [1.807, 2.05) is 25.1 Å². The first-order valence-electron chi connectivity index (χ1n) is 5.16. The molecule has 3 N–H and O–H groups in total. The van der Waals surface area contributed by atoms with Crippen molar-refractivity contribution in [2.24, 2.45) is 5.73 Å². The van der Waals surface area contributed by atoms with Gasteiger partial charge in [-0.1, -0.05) is 22.0 Å². The summed E-state index contributed by atoms with van der Waals surface area (Å²) in [5, 5.41) is 7.22. The van der Waals surface area contributed by atoms with Gasteiger partial charge in [-0.3, -0.25) is 5.41 Å². The number of aryl methyl sites for hydroxylation is 1. The van der Waals surface area contributed by atoms with Gasteiger partial charge >= 0.3 is 0 Å². The standard InChI is InChI=1S/C12H11BrN4O/c1-7-2-3-8(13)4-10(7)18-11-6-16-9(5-17-11)12(14)15/h2-6H,1H3,(H3,14,15). The second kappa shape index (κ2) is 5.14. The average molecular weight is 307 g/mol. The van der Waals surface area contributed by atoms with Gasteiger partial charge in [-0.25, -0.2) is 9.97 Å². The molecule has 1 aromatic heterocycles. The molecule has 0 unspecified atom stereocenters. The number of hydrogen-bond donors (Lipinski definition) is 2. The number of nitrogens with one attached hydrogen (secondary N) is 1. The number of amidine groups is 1. The van der Waals surface area contributed by atoms with E-state index in [1.165, 1.54) is 12.4 Å². The summed E-state index contributed by atoms with van der Waals surface area (Å²) < 4.78 is 6.54. The number of ether oxygens (including phenoxy) is 1. The fourth-order valence-corrected chi connectivity index (χ4v) is 1.64. The van der Waals surface area contributed by atoms with Crippen molar-refractivity contribution in [2.45, 2.75) is 6.92 Å². The van der Waals surface area contributed by atoms with E-state index >= 15 is 0 Å². The Morgan fingerprint density at radius 2 is 2.11 bits per heavy atom. The lowest BCUT2D eigenvalue weighted by molar-refractivity contribution is 0.456. The van der Waals surface area contributed by atoms with Gasteiger partial charge in [0.15, 0.2) is 0 Å². The summed E-state index contributed by atoms with van der Waals surface area (Å²) in [6.45, 7) is 1.94. The maximum atomic E-state index is 7.22. The Kier molecular flexibility index (Phi) is 3.57. The largest absolute Gasteiger partial charge is 0.437 e. The van der Waals surface area contributed by atoms with Gasteiger partial charge in [0.05, 0.1) is 12.4 Å². The Hall–Kier alpha value is -1.95. The van der Waals surface area contributed by atoms with Crippen molar-refractivity contribution in [1.82, 2.24) is 9.97 Å². The van der Waals surface area contributed by atoms with Gasteiger partial charge in [-0.05, 0) is 24.6 Å². The van der Waals surface area contributed by atoms with Gasteiger partial charge in [-0.15, -0.1) is 0 Å². The highest BCUT2D eigenvalue weighted by Crippen LogP contribution is 2.26. The number of aromatic nitrogens is 2. The van der Waals surface area contributed by atoms with Crippen molar-refractivity contribution in [2.75, 3.05) is 0 Å². The van der Waals surface area contributed by atoms with E-state index in [2.05, 4.69) is 25.9 Å². The Morgan fingerprint density at radius 3 is 2.72 bits per heavy atom. The maximum Gasteiger partial charge on any atom is 0.237 e. The van der Waals surface area contributed by atoms with Crippen LogP contribution in [0.5, 0.6) is 11.6 Å². The van der Waals surface area contributed by atoms with Gasteiger partial charge in [-0.2, -0.15) is 0 Å². The van der Waals surface area contributed by atoms with Crippen molar-refractivity contribution in [3.05, 3.63) is 46.3 Å². The molecule has 0 atom stereocenters. The Balaban J connectivity index is 2.23. The molecule has 0 saturated carbocycles. The van der Waals surface area contributed by atoms with Crippen LogP contribution >= 0.6 is 15.9 Å².